The predicted molar refractivity (Wildman–Crippen MR) is 80.6 cm³/mol. The maximum atomic E-state index is 13.0. The molecule has 1 aliphatic carbocycles. The largest absolute Gasteiger partial charge is 0.282 e. The van der Waals surface area contributed by atoms with E-state index in [1.165, 1.54) is 32.1 Å². The highest BCUT2D eigenvalue weighted by molar-refractivity contribution is 7.86. The van der Waals surface area contributed by atoms with Gasteiger partial charge in [-0.15, -0.1) is 0 Å². The average Bonchev–Trinajstić information content (AvgIpc) is 3.10. The molecule has 2 aliphatic heterocycles. The number of hydrogen-bond donors (Lipinski definition) is 0. The summed E-state index contributed by atoms with van der Waals surface area (Å²) in [4.78, 5) is 0. The quantitative estimate of drug-likeness (QED) is 0.804. The van der Waals surface area contributed by atoms with Crippen molar-refractivity contribution in [2.45, 2.75) is 76.8 Å². The van der Waals surface area contributed by atoms with Gasteiger partial charge < -0.3 is 0 Å². The summed E-state index contributed by atoms with van der Waals surface area (Å²) < 4.78 is 29.7. The van der Waals surface area contributed by atoms with Crippen molar-refractivity contribution in [3.05, 3.63) is 0 Å². The Bertz CT molecular complexity index is 431. The predicted octanol–water partition coefficient (Wildman–Crippen LogP) is 2.76. The monoisotopic (exact) mass is 300 g/mol. The van der Waals surface area contributed by atoms with Crippen LogP contribution in [0.4, 0.5) is 0 Å². The van der Waals surface area contributed by atoms with Gasteiger partial charge in [-0.2, -0.15) is 17.0 Å². The van der Waals surface area contributed by atoms with Crippen LogP contribution in [0.5, 0.6) is 0 Å². The summed E-state index contributed by atoms with van der Waals surface area (Å²) in [5.74, 6) is 0.618. The van der Waals surface area contributed by atoms with Crippen LogP contribution in [0.1, 0.15) is 64.7 Å². The smallest absolute Gasteiger partial charge is 0.195 e. The first-order valence-corrected chi connectivity index (χ1v) is 9.79. The Morgan fingerprint density at radius 1 is 0.800 bits per heavy atom. The van der Waals surface area contributed by atoms with Crippen LogP contribution >= 0.6 is 0 Å². The van der Waals surface area contributed by atoms with Crippen LogP contribution < -0.4 is 0 Å². The standard InChI is InChI=1S/C15H28N2O2S/c1-13-7-4-5-11-16(13)20(18,19)17-12-6-10-15(17)14-8-2-3-9-14/h13-15H,2-12H2,1H3/t13-,15-/m0/s1. The fourth-order valence-electron chi connectivity index (χ4n) is 4.41. The highest BCUT2D eigenvalue weighted by Crippen LogP contribution is 2.38. The molecule has 4 nitrogen and oxygen atoms in total. The molecular formula is C15H28N2O2S. The van der Waals surface area contributed by atoms with Gasteiger partial charge in [0.05, 0.1) is 0 Å². The summed E-state index contributed by atoms with van der Waals surface area (Å²) in [6.45, 7) is 3.53. The first-order chi connectivity index (χ1) is 9.60. The zero-order chi connectivity index (χ0) is 14.2. The third-order valence-electron chi connectivity index (χ3n) is 5.53. The minimum atomic E-state index is -3.23. The minimum absolute atomic E-state index is 0.179. The van der Waals surface area contributed by atoms with Crippen molar-refractivity contribution < 1.29 is 8.42 Å². The van der Waals surface area contributed by atoms with Crippen molar-refractivity contribution in [1.29, 1.82) is 0 Å². The third kappa shape index (κ3) is 2.64. The van der Waals surface area contributed by atoms with Crippen molar-refractivity contribution in [1.82, 2.24) is 8.61 Å². The molecule has 0 spiro atoms. The maximum Gasteiger partial charge on any atom is 0.282 e. The molecule has 2 saturated heterocycles. The molecule has 0 aromatic rings. The highest BCUT2D eigenvalue weighted by Gasteiger charge is 2.43. The molecule has 3 fully saturated rings. The molecule has 20 heavy (non-hydrogen) atoms. The van der Waals surface area contributed by atoms with E-state index in [9.17, 15) is 8.42 Å². The second kappa shape index (κ2) is 5.93. The minimum Gasteiger partial charge on any atom is -0.195 e. The molecule has 0 aromatic heterocycles. The summed E-state index contributed by atoms with van der Waals surface area (Å²) in [6, 6.07) is 0.468. The second-order valence-corrected chi connectivity index (χ2v) is 8.66. The second-order valence-electron chi connectivity index (χ2n) is 6.83. The number of nitrogens with zero attached hydrogens (tertiary/aromatic N) is 2. The fourth-order valence-corrected chi connectivity index (χ4v) is 6.58. The van der Waals surface area contributed by atoms with Gasteiger partial charge in [0.1, 0.15) is 0 Å². The van der Waals surface area contributed by atoms with Crippen molar-refractivity contribution in [3.63, 3.8) is 0 Å². The van der Waals surface area contributed by atoms with Crippen LogP contribution in [0.3, 0.4) is 0 Å². The van der Waals surface area contributed by atoms with E-state index in [4.69, 9.17) is 0 Å². The molecule has 0 aromatic carbocycles. The van der Waals surface area contributed by atoms with Crippen molar-refractivity contribution in [2.24, 2.45) is 5.92 Å². The molecule has 0 bridgehead atoms. The molecule has 3 aliphatic rings. The topological polar surface area (TPSA) is 40.6 Å². The van der Waals surface area contributed by atoms with E-state index in [0.717, 1.165) is 38.8 Å². The van der Waals surface area contributed by atoms with Gasteiger partial charge in [0, 0.05) is 25.2 Å². The molecule has 0 unspecified atom stereocenters. The van der Waals surface area contributed by atoms with Gasteiger partial charge in [-0.1, -0.05) is 19.3 Å². The summed E-state index contributed by atoms with van der Waals surface area (Å²) >= 11 is 0. The van der Waals surface area contributed by atoms with Crippen LogP contribution in [-0.2, 0) is 10.2 Å². The first-order valence-electron chi connectivity index (χ1n) is 8.39. The molecule has 3 rings (SSSR count). The van der Waals surface area contributed by atoms with E-state index in [1.807, 2.05) is 4.31 Å². The highest BCUT2D eigenvalue weighted by atomic mass is 32.2. The fraction of sp³-hybridized carbons (Fsp3) is 1.00. The zero-order valence-electron chi connectivity index (χ0n) is 12.6. The van der Waals surface area contributed by atoms with Crippen molar-refractivity contribution in [3.8, 4) is 0 Å². The van der Waals surface area contributed by atoms with E-state index >= 15 is 0 Å². The van der Waals surface area contributed by atoms with Gasteiger partial charge in [-0.3, -0.25) is 0 Å². The summed E-state index contributed by atoms with van der Waals surface area (Å²) in [5, 5.41) is 0. The molecule has 0 N–H and O–H groups in total. The van der Waals surface area contributed by atoms with E-state index < -0.39 is 10.2 Å². The Morgan fingerprint density at radius 3 is 2.15 bits per heavy atom. The number of rotatable bonds is 3. The van der Waals surface area contributed by atoms with Crippen molar-refractivity contribution >= 4 is 10.2 Å². The van der Waals surface area contributed by atoms with Gasteiger partial charge in [-0.05, 0) is 51.4 Å². The molecule has 5 heteroatoms. The average molecular weight is 300 g/mol. The molecule has 1 saturated carbocycles. The van der Waals surface area contributed by atoms with E-state index in [-0.39, 0.29) is 12.1 Å². The van der Waals surface area contributed by atoms with Crippen LogP contribution in [0.2, 0.25) is 0 Å². The number of hydrogen-bond acceptors (Lipinski definition) is 2. The van der Waals surface area contributed by atoms with Gasteiger partial charge in [0.15, 0.2) is 0 Å². The Balaban J connectivity index is 1.78. The van der Waals surface area contributed by atoms with Crippen LogP contribution in [0.15, 0.2) is 0 Å². The van der Waals surface area contributed by atoms with Crippen LogP contribution in [0, 0.1) is 5.92 Å². The zero-order valence-corrected chi connectivity index (χ0v) is 13.4. The lowest BCUT2D eigenvalue weighted by Crippen LogP contribution is -2.52. The van der Waals surface area contributed by atoms with E-state index in [0.29, 0.717) is 5.92 Å². The van der Waals surface area contributed by atoms with Gasteiger partial charge in [0.2, 0.25) is 0 Å². The normalized spacial score (nSPS) is 34.9. The van der Waals surface area contributed by atoms with E-state index in [1.54, 1.807) is 4.31 Å². The van der Waals surface area contributed by atoms with Crippen LogP contribution in [-0.4, -0.2) is 42.2 Å². The Morgan fingerprint density at radius 2 is 1.45 bits per heavy atom. The molecule has 2 heterocycles. The lowest BCUT2D eigenvalue weighted by Gasteiger charge is -2.38. The van der Waals surface area contributed by atoms with Gasteiger partial charge in [-0.25, -0.2) is 0 Å². The Kier molecular flexibility index (Phi) is 4.39. The molecule has 2 atom stereocenters. The molecule has 0 amide bonds. The summed E-state index contributed by atoms with van der Waals surface area (Å²) in [6.07, 6.45) is 10.4. The molecule has 0 radical (unpaired) electrons. The van der Waals surface area contributed by atoms with Crippen LogP contribution in [0.25, 0.3) is 0 Å². The Labute approximate surface area is 123 Å². The van der Waals surface area contributed by atoms with E-state index in [2.05, 4.69) is 6.92 Å². The SMILES string of the molecule is C[C@H]1CCCCN1S(=O)(=O)N1CCC[C@H]1C1CCCC1. The Hall–Kier alpha value is -0.130. The van der Waals surface area contributed by atoms with Gasteiger partial charge >= 0.3 is 0 Å². The lowest BCUT2D eigenvalue weighted by atomic mass is 9.97. The van der Waals surface area contributed by atoms with Gasteiger partial charge in [0.25, 0.3) is 10.2 Å². The molecule has 116 valence electrons. The lowest BCUT2D eigenvalue weighted by molar-refractivity contribution is 0.222. The third-order valence-corrected chi connectivity index (χ3v) is 7.71. The summed E-state index contributed by atoms with van der Waals surface area (Å²) in [5.41, 5.74) is 0. The molecular weight excluding hydrogens is 272 g/mol. The van der Waals surface area contributed by atoms with Crippen molar-refractivity contribution in [2.75, 3.05) is 13.1 Å². The summed E-state index contributed by atoms with van der Waals surface area (Å²) in [7, 11) is -3.23. The maximum absolute atomic E-state index is 13.0. The first kappa shape index (κ1) is 14.8. The number of piperidine rings is 1.